The predicted molar refractivity (Wildman–Crippen MR) is 112 cm³/mol. The molecule has 0 bridgehead atoms. The average Bonchev–Trinajstić information content (AvgIpc) is 3.38. The fourth-order valence-electron chi connectivity index (χ4n) is 3.26. The fraction of sp³-hybridized carbons (Fsp3) is 0.136. The maximum absolute atomic E-state index is 12.6. The lowest BCUT2D eigenvalue weighted by molar-refractivity contribution is 0.536. The van der Waals surface area contributed by atoms with Crippen molar-refractivity contribution in [3.63, 3.8) is 0 Å². The summed E-state index contributed by atoms with van der Waals surface area (Å²) in [5, 5.41) is 4.06. The Bertz CT molecular complexity index is 1180. The third kappa shape index (κ3) is 4.16. The first-order valence-electron chi connectivity index (χ1n) is 9.25. The molecule has 0 radical (unpaired) electrons. The molecule has 6 nitrogen and oxygen atoms in total. The van der Waals surface area contributed by atoms with Crippen LogP contribution in [0.5, 0.6) is 0 Å². The van der Waals surface area contributed by atoms with E-state index in [1.54, 1.807) is 41.5 Å². The fourth-order valence-corrected chi connectivity index (χ4v) is 4.28. The van der Waals surface area contributed by atoms with Gasteiger partial charge in [-0.05, 0) is 36.2 Å². The number of aryl methyl sites for hydroxylation is 1. The summed E-state index contributed by atoms with van der Waals surface area (Å²) in [5.41, 5.74) is 3.91. The number of nitrogens with one attached hydrogen (secondary N) is 1. The lowest BCUT2D eigenvalue weighted by Crippen LogP contribution is -2.27. The second kappa shape index (κ2) is 8.06. The summed E-state index contributed by atoms with van der Waals surface area (Å²) in [4.78, 5) is 0.226. The minimum absolute atomic E-state index is 0.226. The Balaban J connectivity index is 1.55. The van der Waals surface area contributed by atoms with Crippen LogP contribution in [-0.2, 0) is 16.6 Å². The van der Waals surface area contributed by atoms with Crippen molar-refractivity contribution in [3.05, 3.63) is 85.1 Å². The smallest absolute Gasteiger partial charge is 0.240 e. The third-order valence-electron chi connectivity index (χ3n) is 4.71. The second-order valence-electron chi connectivity index (χ2n) is 6.64. The first-order chi connectivity index (χ1) is 14.0. The van der Waals surface area contributed by atoms with Crippen molar-refractivity contribution in [2.45, 2.75) is 18.4 Å². The van der Waals surface area contributed by atoms with Gasteiger partial charge in [-0.1, -0.05) is 42.5 Å². The first kappa shape index (κ1) is 19.2. The van der Waals surface area contributed by atoms with Gasteiger partial charge in [-0.2, -0.15) is 5.10 Å². The van der Waals surface area contributed by atoms with Crippen LogP contribution >= 0.6 is 0 Å². The monoisotopic (exact) mass is 407 g/mol. The molecule has 4 aromatic rings. The number of hydrogen-bond acceptors (Lipinski definition) is 4. The summed E-state index contributed by atoms with van der Waals surface area (Å²) in [6.45, 7) is 2.65. The molecular formula is C22H21N3O3S. The van der Waals surface area contributed by atoms with Crippen molar-refractivity contribution in [1.82, 2.24) is 14.5 Å². The van der Waals surface area contributed by atoms with Gasteiger partial charge in [0.2, 0.25) is 10.0 Å². The quantitative estimate of drug-likeness (QED) is 0.500. The summed E-state index contributed by atoms with van der Waals surface area (Å²) >= 11 is 0. The molecule has 0 spiro atoms. The highest BCUT2D eigenvalue weighted by atomic mass is 32.2. The Morgan fingerprint density at radius 2 is 1.76 bits per heavy atom. The van der Waals surface area contributed by atoms with Crippen molar-refractivity contribution in [1.29, 1.82) is 0 Å². The van der Waals surface area contributed by atoms with Gasteiger partial charge in [-0.3, -0.25) is 4.68 Å². The van der Waals surface area contributed by atoms with E-state index in [9.17, 15) is 8.42 Å². The van der Waals surface area contributed by atoms with E-state index >= 15 is 0 Å². The number of aromatic nitrogens is 2. The van der Waals surface area contributed by atoms with Gasteiger partial charge in [0.1, 0.15) is 5.76 Å². The van der Waals surface area contributed by atoms with Crippen molar-refractivity contribution in [2.75, 3.05) is 6.54 Å². The van der Waals surface area contributed by atoms with E-state index in [0.29, 0.717) is 6.54 Å². The molecule has 4 rings (SSSR count). The van der Waals surface area contributed by atoms with Gasteiger partial charge in [0, 0.05) is 30.1 Å². The van der Waals surface area contributed by atoms with Gasteiger partial charge in [0.15, 0.2) is 0 Å². The number of benzene rings is 2. The summed E-state index contributed by atoms with van der Waals surface area (Å²) in [6.07, 6.45) is 5.19. The van der Waals surface area contributed by atoms with Gasteiger partial charge in [-0.15, -0.1) is 0 Å². The molecule has 0 aliphatic heterocycles. The van der Waals surface area contributed by atoms with E-state index < -0.39 is 10.0 Å². The number of hydrogen-bond donors (Lipinski definition) is 1. The maximum atomic E-state index is 12.6. The highest BCUT2D eigenvalue weighted by Gasteiger charge is 2.17. The van der Waals surface area contributed by atoms with Crippen molar-refractivity contribution in [3.8, 4) is 22.3 Å². The highest BCUT2D eigenvalue weighted by Crippen LogP contribution is 2.36. The van der Waals surface area contributed by atoms with Gasteiger partial charge < -0.3 is 4.42 Å². The van der Waals surface area contributed by atoms with E-state index in [4.69, 9.17) is 4.42 Å². The van der Waals surface area contributed by atoms with Crippen LogP contribution in [-0.4, -0.2) is 24.7 Å². The number of nitrogens with zero attached hydrogens (tertiary/aromatic N) is 2. The van der Waals surface area contributed by atoms with E-state index in [1.807, 2.05) is 49.4 Å². The maximum Gasteiger partial charge on any atom is 0.240 e. The SMILES string of the molecule is Cc1occ(-c2ccccc2)c1-c1ccc(S(=O)(=O)NCCn2cccn2)cc1. The molecule has 1 N–H and O–H groups in total. The zero-order valence-corrected chi connectivity index (χ0v) is 16.8. The number of rotatable bonds is 7. The Kier molecular flexibility index (Phi) is 5.33. The third-order valence-corrected chi connectivity index (χ3v) is 6.18. The summed E-state index contributed by atoms with van der Waals surface area (Å²) in [7, 11) is -3.59. The van der Waals surface area contributed by atoms with Crippen LogP contribution in [0.4, 0.5) is 0 Å². The molecule has 0 aliphatic carbocycles. The second-order valence-corrected chi connectivity index (χ2v) is 8.40. The standard InChI is InChI=1S/C22H21N3O3S/c1-17-22(21(16-28-17)18-6-3-2-4-7-18)19-8-10-20(11-9-19)29(26,27)24-13-15-25-14-5-12-23-25/h2-12,14,16,24H,13,15H2,1H3. The summed E-state index contributed by atoms with van der Waals surface area (Å²) in [6, 6.07) is 18.6. The zero-order valence-electron chi connectivity index (χ0n) is 15.9. The molecule has 0 unspecified atom stereocenters. The molecule has 7 heteroatoms. The van der Waals surface area contributed by atoms with E-state index in [-0.39, 0.29) is 11.4 Å². The van der Waals surface area contributed by atoms with E-state index in [2.05, 4.69) is 9.82 Å². The molecule has 0 fully saturated rings. The molecule has 0 saturated carbocycles. The van der Waals surface area contributed by atoms with Gasteiger partial charge in [0.25, 0.3) is 0 Å². The van der Waals surface area contributed by atoms with E-state index in [0.717, 1.165) is 28.0 Å². The topological polar surface area (TPSA) is 77.1 Å². The molecule has 2 heterocycles. The normalized spacial score (nSPS) is 11.6. The van der Waals surface area contributed by atoms with Gasteiger partial charge in [0.05, 0.1) is 17.7 Å². The number of sulfonamides is 1. The Morgan fingerprint density at radius 3 is 2.45 bits per heavy atom. The van der Waals surface area contributed by atoms with Crippen LogP contribution in [0.2, 0.25) is 0 Å². The van der Waals surface area contributed by atoms with E-state index in [1.165, 1.54) is 0 Å². The molecule has 0 saturated heterocycles. The van der Waals surface area contributed by atoms with Crippen LogP contribution in [0.3, 0.4) is 0 Å². The van der Waals surface area contributed by atoms with Crippen LogP contribution in [0, 0.1) is 6.92 Å². The lowest BCUT2D eigenvalue weighted by atomic mass is 9.97. The van der Waals surface area contributed by atoms with Crippen LogP contribution in [0.15, 0.2) is 88.6 Å². The molecule has 148 valence electrons. The summed E-state index contributed by atoms with van der Waals surface area (Å²) in [5.74, 6) is 0.789. The Morgan fingerprint density at radius 1 is 1.00 bits per heavy atom. The Hall–Kier alpha value is -3.16. The molecule has 0 aliphatic rings. The molecule has 2 aromatic carbocycles. The van der Waals surface area contributed by atoms with Crippen molar-refractivity contribution >= 4 is 10.0 Å². The van der Waals surface area contributed by atoms with Crippen LogP contribution in [0.25, 0.3) is 22.3 Å². The lowest BCUT2D eigenvalue weighted by Gasteiger charge is -2.09. The highest BCUT2D eigenvalue weighted by molar-refractivity contribution is 7.89. The molecule has 29 heavy (non-hydrogen) atoms. The van der Waals surface area contributed by atoms with Crippen molar-refractivity contribution in [2.24, 2.45) is 0 Å². The average molecular weight is 407 g/mol. The van der Waals surface area contributed by atoms with Gasteiger partial charge in [-0.25, -0.2) is 13.1 Å². The van der Waals surface area contributed by atoms with Crippen LogP contribution < -0.4 is 4.72 Å². The summed E-state index contributed by atoms with van der Waals surface area (Å²) < 4.78 is 35.0. The molecule has 0 amide bonds. The zero-order chi connectivity index (χ0) is 20.3. The molecule has 0 atom stereocenters. The Labute approximate surface area is 169 Å². The minimum atomic E-state index is -3.59. The molecular weight excluding hydrogens is 386 g/mol. The predicted octanol–water partition coefficient (Wildman–Crippen LogP) is 4.10. The minimum Gasteiger partial charge on any atom is -0.468 e. The first-order valence-corrected chi connectivity index (χ1v) is 10.7. The number of furan rings is 1. The largest absolute Gasteiger partial charge is 0.468 e. The molecule has 2 aromatic heterocycles. The van der Waals surface area contributed by atoms with Crippen LogP contribution in [0.1, 0.15) is 5.76 Å². The van der Waals surface area contributed by atoms with Gasteiger partial charge >= 0.3 is 0 Å². The van der Waals surface area contributed by atoms with Crippen molar-refractivity contribution < 1.29 is 12.8 Å².